The van der Waals surface area contributed by atoms with Crippen molar-refractivity contribution in [3.05, 3.63) is 11.4 Å². The number of aromatic nitrogens is 2. The molecule has 6 nitrogen and oxygen atoms in total. The Morgan fingerprint density at radius 2 is 2.10 bits per heavy atom. The zero-order valence-corrected chi connectivity index (χ0v) is 13.8. The summed E-state index contributed by atoms with van der Waals surface area (Å²) in [4.78, 5) is 0.267. The molecule has 0 aliphatic heterocycles. The van der Waals surface area contributed by atoms with Crippen molar-refractivity contribution in [2.75, 3.05) is 19.6 Å². The number of terminal acetylenes is 1. The third kappa shape index (κ3) is 3.84. The molecule has 0 atom stereocenters. The smallest absolute Gasteiger partial charge is 0.247 e. The summed E-state index contributed by atoms with van der Waals surface area (Å²) in [6.45, 7) is 7.02. The highest BCUT2D eigenvalue weighted by Crippen LogP contribution is 2.23. The quantitative estimate of drug-likeness (QED) is 0.723. The first-order valence-corrected chi connectivity index (χ1v) is 8.51. The molecule has 1 aromatic rings. The van der Waals surface area contributed by atoms with Crippen molar-refractivity contribution in [2.45, 2.75) is 45.1 Å². The van der Waals surface area contributed by atoms with Crippen molar-refractivity contribution in [3.8, 4) is 12.3 Å². The Kier molecular flexibility index (Phi) is 6.40. The number of nitrogens with two attached hydrogens (primary N) is 1. The van der Waals surface area contributed by atoms with E-state index in [1.165, 1.54) is 4.31 Å². The molecular formula is C14H24N4O2S. The molecule has 0 saturated carbocycles. The zero-order chi connectivity index (χ0) is 16.0. The number of hydrogen-bond acceptors (Lipinski definition) is 4. The minimum absolute atomic E-state index is 0.0725. The summed E-state index contributed by atoms with van der Waals surface area (Å²) in [7, 11) is -3.61. The van der Waals surface area contributed by atoms with E-state index in [1.807, 2.05) is 6.92 Å². The summed E-state index contributed by atoms with van der Waals surface area (Å²) in [6, 6.07) is 0. The van der Waals surface area contributed by atoms with Crippen LogP contribution in [0.15, 0.2) is 4.90 Å². The number of nitrogens with zero attached hydrogens (tertiary/aromatic N) is 3. The maximum absolute atomic E-state index is 12.8. The van der Waals surface area contributed by atoms with Crippen LogP contribution in [-0.2, 0) is 16.6 Å². The molecule has 0 aliphatic carbocycles. The summed E-state index contributed by atoms with van der Waals surface area (Å²) in [6.07, 6.45) is 6.75. The molecule has 1 heterocycles. The van der Waals surface area contributed by atoms with Crippen LogP contribution in [0.3, 0.4) is 0 Å². The lowest BCUT2D eigenvalue weighted by atomic mass is 10.4. The van der Waals surface area contributed by atoms with Gasteiger partial charge in [-0.3, -0.25) is 4.68 Å². The Balaban J connectivity index is 3.24. The number of sulfonamides is 1. The second-order valence-corrected chi connectivity index (χ2v) is 6.78. The van der Waals surface area contributed by atoms with Crippen LogP contribution in [0.5, 0.6) is 0 Å². The van der Waals surface area contributed by atoms with Gasteiger partial charge in [0, 0.05) is 13.1 Å². The molecule has 0 saturated heterocycles. The fourth-order valence-corrected chi connectivity index (χ4v) is 4.10. The highest BCUT2D eigenvalue weighted by atomic mass is 32.2. The Morgan fingerprint density at radius 1 is 1.43 bits per heavy atom. The van der Waals surface area contributed by atoms with Crippen LogP contribution in [0.4, 0.5) is 0 Å². The fraction of sp³-hybridized carbons (Fsp3) is 0.643. The van der Waals surface area contributed by atoms with E-state index in [0.29, 0.717) is 37.4 Å². The van der Waals surface area contributed by atoms with Crippen LogP contribution < -0.4 is 5.73 Å². The molecule has 21 heavy (non-hydrogen) atoms. The normalized spacial score (nSPS) is 11.8. The molecular weight excluding hydrogens is 288 g/mol. The summed E-state index contributed by atoms with van der Waals surface area (Å²) in [5.41, 5.74) is 6.64. The lowest BCUT2D eigenvalue weighted by Crippen LogP contribution is -2.33. The largest absolute Gasteiger partial charge is 0.330 e. The van der Waals surface area contributed by atoms with Crippen molar-refractivity contribution in [2.24, 2.45) is 5.73 Å². The lowest BCUT2D eigenvalue weighted by Gasteiger charge is -2.19. The number of aryl methyl sites for hydroxylation is 2. The molecule has 0 radical (unpaired) electrons. The van der Waals surface area contributed by atoms with Crippen LogP contribution in [0, 0.1) is 26.2 Å². The molecule has 2 N–H and O–H groups in total. The third-order valence-corrected chi connectivity index (χ3v) is 5.33. The molecule has 0 aromatic carbocycles. The molecule has 0 fully saturated rings. The molecule has 7 heteroatoms. The molecule has 0 unspecified atom stereocenters. The SMILES string of the molecule is C#CCN(CCC)S(=O)(=O)c1c(C)nn(CCCN)c1C. The van der Waals surface area contributed by atoms with Gasteiger partial charge in [-0.05, 0) is 33.2 Å². The van der Waals surface area contributed by atoms with E-state index >= 15 is 0 Å². The number of rotatable bonds is 8. The van der Waals surface area contributed by atoms with Crippen molar-refractivity contribution < 1.29 is 8.42 Å². The van der Waals surface area contributed by atoms with Gasteiger partial charge in [0.25, 0.3) is 0 Å². The Hall–Kier alpha value is -1.36. The predicted octanol–water partition coefficient (Wildman–Crippen LogP) is 0.883. The average molecular weight is 312 g/mol. The summed E-state index contributed by atoms with van der Waals surface area (Å²) in [5.74, 6) is 2.41. The van der Waals surface area contributed by atoms with E-state index < -0.39 is 10.0 Å². The van der Waals surface area contributed by atoms with E-state index in [9.17, 15) is 8.42 Å². The van der Waals surface area contributed by atoms with Gasteiger partial charge in [0.2, 0.25) is 10.0 Å². The standard InChI is InChI=1S/C14H24N4O2S/c1-5-9-17(10-6-2)21(19,20)14-12(3)16-18(13(14)4)11-7-8-15/h1H,6-11,15H2,2-4H3. The average Bonchev–Trinajstić information content (AvgIpc) is 2.71. The van der Waals surface area contributed by atoms with E-state index in [2.05, 4.69) is 11.0 Å². The molecule has 0 bridgehead atoms. The van der Waals surface area contributed by atoms with Crippen molar-refractivity contribution >= 4 is 10.0 Å². The molecule has 0 aliphatic rings. The molecule has 0 amide bonds. The molecule has 118 valence electrons. The van der Waals surface area contributed by atoms with Gasteiger partial charge >= 0.3 is 0 Å². The van der Waals surface area contributed by atoms with Crippen LogP contribution in [-0.4, -0.2) is 42.1 Å². The second kappa shape index (κ2) is 7.59. The maximum Gasteiger partial charge on any atom is 0.247 e. The minimum atomic E-state index is -3.61. The predicted molar refractivity (Wildman–Crippen MR) is 83.3 cm³/mol. The first-order chi connectivity index (χ1) is 9.89. The fourth-order valence-electron chi connectivity index (χ4n) is 2.28. The Bertz CT molecular complexity index is 614. The third-order valence-electron chi connectivity index (χ3n) is 3.23. The first kappa shape index (κ1) is 17.7. The summed E-state index contributed by atoms with van der Waals surface area (Å²) in [5, 5.41) is 4.32. The second-order valence-electron chi connectivity index (χ2n) is 4.91. The Morgan fingerprint density at radius 3 is 2.62 bits per heavy atom. The van der Waals surface area contributed by atoms with Gasteiger partial charge in [0.05, 0.1) is 17.9 Å². The van der Waals surface area contributed by atoms with E-state index in [4.69, 9.17) is 12.2 Å². The van der Waals surface area contributed by atoms with Crippen molar-refractivity contribution in [1.29, 1.82) is 0 Å². The number of hydrogen-bond donors (Lipinski definition) is 1. The van der Waals surface area contributed by atoms with Crippen molar-refractivity contribution in [1.82, 2.24) is 14.1 Å². The van der Waals surface area contributed by atoms with Gasteiger partial charge < -0.3 is 5.73 Å². The van der Waals surface area contributed by atoms with Crippen LogP contribution in [0.2, 0.25) is 0 Å². The van der Waals surface area contributed by atoms with Gasteiger partial charge in [0.15, 0.2) is 0 Å². The first-order valence-electron chi connectivity index (χ1n) is 7.07. The van der Waals surface area contributed by atoms with Crippen LogP contribution in [0.25, 0.3) is 0 Å². The summed E-state index contributed by atoms with van der Waals surface area (Å²) >= 11 is 0. The van der Waals surface area contributed by atoms with E-state index in [1.54, 1.807) is 18.5 Å². The molecule has 1 rings (SSSR count). The van der Waals surface area contributed by atoms with Gasteiger partial charge in [-0.1, -0.05) is 12.8 Å². The maximum atomic E-state index is 12.8. The lowest BCUT2D eigenvalue weighted by molar-refractivity contribution is 0.444. The van der Waals surface area contributed by atoms with E-state index in [-0.39, 0.29) is 11.4 Å². The van der Waals surface area contributed by atoms with Crippen LogP contribution >= 0.6 is 0 Å². The molecule has 1 aromatic heterocycles. The van der Waals surface area contributed by atoms with Gasteiger partial charge in [-0.2, -0.15) is 9.40 Å². The van der Waals surface area contributed by atoms with Gasteiger partial charge in [-0.25, -0.2) is 8.42 Å². The summed E-state index contributed by atoms with van der Waals surface area (Å²) < 4.78 is 28.6. The minimum Gasteiger partial charge on any atom is -0.330 e. The Labute approximate surface area is 127 Å². The monoisotopic (exact) mass is 312 g/mol. The zero-order valence-electron chi connectivity index (χ0n) is 13.0. The molecule has 0 spiro atoms. The van der Waals surface area contributed by atoms with E-state index in [0.717, 1.165) is 6.42 Å². The highest BCUT2D eigenvalue weighted by Gasteiger charge is 2.29. The topological polar surface area (TPSA) is 81.2 Å². The highest BCUT2D eigenvalue weighted by molar-refractivity contribution is 7.89. The van der Waals surface area contributed by atoms with Crippen LogP contribution in [0.1, 0.15) is 31.2 Å². The van der Waals surface area contributed by atoms with Crippen molar-refractivity contribution in [3.63, 3.8) is 0 Å². The van der Waals surface area contributed by atoms with Gasteiger partial charge in [0.1, 0.15) is 4.90 Å². The van der Waals surface area contributed by atoms with Gasteiger partial charge in [-0.15, -0.1) is 6.42 Å².